The van der Waals surface area contributed by atoms with Gasteiger partial charge in [0.1, 0.15) is 10.8 Å². The Balaban J connectivity index is 0.00000243. The number of hydrogen-bond donors (Lipinski definition) is 2. The predicted octanol–water partition coefficient (Wildman–Crippen LogP) is 4.25. The Bertz CT molecular complexity index is 725. The highest BCUT2D eigenvalue weighted by Gasteiger charge is 2.44. The molecule has 0 radical (unpaired) electrons. The van der Waals surface area contributed by atoms with Crippen molar-refractivity contribution in [3.05, 3.63) is 51.7 Å². The molecule has 1 aliphatic rings. The molecule has 0 atom stereocenters. The Morgan fingerprint density at radius 3 is 2.54 bits per heavy atom. The third-order valence-electron chi connectivity index (χ3n) is 4.57. The highest BCUT2D eigenvalue weighted by molar-refractivity contribution is 14.0. The fourth-order valence-electron chi connectivity index (χ4n) is 2.85. The van der Waals surface area contributed by atoms with E-state index in [1.54, 1.807) is 23.5 Å². The zero-order chi connectivity index (χ0) is 17.7. The van der Waals surface area contributed by atoms with Gasteiger partial charge in [0.2, 0.25) is 0 Å². The molecule has 7 heteroatoms. The molecule has 1 saturated carbocycles. The van der Waals surface area contributed by atoms with Gasteiger partial charge in [0.25, 0.3) is 0 Å². The number of nitrogens with one attached hydrogen (secondary N) is 2. The second-order valence-electron chi connectivity index (χ2n) is 6.41. The first-order valence-electron chi connectivity index (χ1n) is 8.87. The maximum atomic E-state index is 13.1. The minimum absolute atomic E-state index is 0. The fourth-order valence-corrected chi connectivity index (χ4v) is 3.63. The van der Waals surface area contributed by atoms with Crippen molar-refractivity contribution in [3.63, 3.8) is 0 Å². The van der Waals surface area contributed by atoms with Crippen molar-refractivity contribution in [2.45, 2.75) is 45.1 Å². The third kappa shape index (κ3) is 5.39. The molecule has 1 heterocycles. The largest absolute Gasteiger partial charge is 0.357 e. The van der Waals surface area contributed by atoms with E-state index in [4.69, 9.17) is 0 Å². The highest BCUT2D eigenvalue weighted by Crippen LogP contribution is 2.47. The Kier molecular flexibility index (Phi) is 7.82. The molecule has 0 aliphatic heterocycles. The lowest BCUT2D eigenvalue weighted by Gasteiger charge is -2.19. The summed E-state index contributed by atoms with van der Waals surface area (Å²) >= 11 is 1.72. The van der Waals surface area contributed by atoms with Crippen LogP contribution in [0.15, 0.2) is 35.5 Å². The molecule has 1 aromatic carbocycles. The van der Waals surface area contributed by atoms with E-state index in [2.05, 4.69) is 34.5 Å². The highest BCUT2D eigenvalue weighted by atomic mass is 127. The third-order valence-corrected chi connectivity index (χ3v) is 5.70. The fraction of sp³-hybridized carbons (Fsp3) is 0.474. The summed E-state index contributed by atoms with van der Waals surface area (Å²) in [4.78, 5) is 10.4. The monoisotopic (exact) mass is 488 g/mol. The number of guanidine groups is 1. The average Bonchev–Trinajstić information content (AvgIpc) is 3.27. The van der Waals surface area contributed by atoms with E-state index in [0.29, 0.717) is 6.54 Å². The first-order chi connectivity index (χ1) is 12.1. The van der Waals surface area contributed by atoms with Gasteiger partial charge in [0.15, 0.2) is 5.96 Å². The summed E-state index contributed by atoms with van der Waals surface area (Å²) in [6.07, 6.45) is 5.19. The predicted molar refractivity (Wildman–Crippen MR) is 117 cm³/mol. The number of nitrogens with zero attached hydrogens (tertiary/aromatic N) is 2. The number of aliphatic imine (C=N–C) groups is 1. The number of hydrogen-bond acceptors (Lipinski definition) is 3. The summed E-state index contributed by atoms with van der Waals surface area (Å²) in [6.45, 7) is 6.40. The maximum Gasteiger partial charge on any atom is 0.191 e. The SMILES string of the molecule is CCNC(=NCc1ncc(CC)s1)NCC1(c2ccc(F)cc2)CC1.I. The molecule has 3 rings (SSSR count). The number of rotatable bonds is 7. The van der Waals surface area contributed by atoms with E-state index in [1.807, 2.05) is 18.3 Å². The van der Waals surface area contributed by atoms with E-state index in [9.17, 15) is 4.39 Å². The van der Waals surface area contributed by atoms with Crippen LogP contribution in [0.25, 0.3) is 0 Å². The molecule has 1 aromatic heterocycles. The van der Waals surface area contributed by atoms with Crippen LogP contribution in [-0.2, 0) is 18.4 Å². The summed E-state index contributed by atoms with van der Waals surface area (Å²) in [5.41, 5.74) is 1.31. The van der Waals surface area contributed by atoms with E-state index >= 15 is 0 Å². The second kappa shape index (κ2) is 9.64. The molecule has 1 fully saturated rings. The lowest BCUT2D eigenvalue weighted by molar-refractivity contribution is 0.617. The number of aryl methyl sites for hydroxylation is 1. The van der Waals surface area contributed by atoms with Gasteiger partial charge in [0.05, 0.1) is 6.54 Å². The van der Waals surface area contributed by atoms with Crippen LogP contribution in [0.5, 0.6) is 0 Å². The first kappa shape index (κ1) is 21.1. The summed E-state index contributed by atoms with van der Waals surface area (Å²) in [5, 5.41) is 7.78. The molecule has 2 N–H and O–H groups in total. The Hall–Kier alpha value is -1.22. The zero-order valence-electron chi connectivity index (χ0n) is 15.2. The molecule has 26 heavy (non-hydrogen) atoms. The van der Waals surface area contributed by atoms with Crippen molar-refractivity contribution in [3.8, 4) is 0 Å². The van der Waals surface area contributed by atoms with Crippen molar-refractivity contribution in [1.29, 1.82) is 0 Å². The first-order valence-corrected chi connectivity index (χ1v) is 9.68. The molecule has 0 unspecified atom stereocenters. The molecule has 0 saturated heterocycles. The molecular formula is C19H26FIN4S. The Morgan fingerprint density at radius 2 is 1.96 bits per heavy atom. The second-order valence-corrected chi connectivity index (χ2v) is 7.61. The number of aromatic nitrogens is 1. The van der Waals surface area contributed by atoms with Gasteiger partial charge >= 0.3 is 0 Å². The average molecular weight is 488 g/mol. The van der Waals surface area contributed by atoms with Crippen LogP contribution in [0.4, 0.5) is 4.39 Å². The Labute approximate surface area is 175 Å². The van der Waals surface area contributed by atoms with Crippen LogP contribution in [0.2, 0.25) is 0 Å². The maximum absolute atomic E-state index is 13.1. The topological polar surface area (TPSA) is 49.3 Å². The molecule has 142 valence electrons. The molecule has 0 amide bonds. The van der Waals surface area contributed by atoms with Gasteiger partial charge in [-0.3, -0.25) is 0 Å². The lowest BCUT2D eigenvalue weighted by atomic mass is 9.96. The van der Waals surface area contributed by atoms with Gasteiger partial charge in [-0.1, -0.05) is 19.1 Å². The van der Waals surface area contributed by atoms with Crippen molar-refractivity contribution in [1.82, 2.24) is 15.6 Å². The van der Waals surface area contributed by atoms with Crippen molar-refractivity contribution in [2.75, 3.05) is 13.1 Å². The van der Waals surface area contributed by atoms with Crippen molar-refractivity contribution in [2.24, 2.45) is 4.99 Å². The van der Waals surface area contributed by atoms with Crippen LogP contribution in [0.3, 0.4) is 0 Å². The zero-order valence-corrected chi connectivity index (χ0v) is 18.4. The minimum Gasteiger partial charge on any atom is -0.357 e. The van der Waals surface area contributed by atoms with Gasteiger partial charge in [0, 0.05) is 29.6 Å². The molecule has 0 spiro atoms. The van der Waals surface area contributed by atoms with E-state index in [-0.39, 0.29) is 35.2 Å². The van der Waals surface area contributed by atoms with Gasteiger partial charge in [-0.15, -0.1) is 35.3 Å². The van der Waals surface area contributed by atoms with Gasteiger partial charge in [-0.2, -0.15) is 0 Å². The number of halogens is 2. The molecule has 1 aliphatic carbocycles. The van der Waals surface area contributed by atoms with Crippen molar-refractivity contribution >= 4 is 41.3 Å². The summed E-state index contributed by atoms with van der Waals surface area (Å²) < 4.78 is 13.1. The normalized spacial score (nSPS) is 15.3. The van der Waals surface area contributed by atoms with Gasteiger partial charge in [-0.25, -0.2) is 14.4 Å². The standard InChI is InChI=1S/C19H25FN4S.HI/c1-3-16-11-22-17(25-16)12-23-18(21-4-2)24-13-19(9-10-19)14-5-7-15(20)8-6-14;/h5-8,11H,3-4,9-10,12-13H2,1-2H3,(H2,21,23,24);1H. The van der Waals surface area contributed by atoms with Gasteiger partial charge < -0.3 is 10.6 Å². The number of benzene rings is 1. The minimum atomic E-state index is -0.183. The number of thiazole rings is 1. The summed E-state index contributed by atoms with van der Waals surface area (Å²) in [7, 11) is 0. The molecule has 4 nitrogen and oxygen atoms in total. The van der Waals surface area contributed by atoms with E-state index < -0.39 is 0 Å². The smallest absolute Gasteiger partial charge is 0.191 e. The molecular weight excluding hydrogens is 462 g/mol. The van der Waals surface area contributed by atoms with Crippen LogP contribution in [-0.4, -0.2) is 24.0 Å². The van der Waals surface area contributed by atoms with Gasteiger partial charge in [-0.05, 0) is 43.9 Å². The Morgan fingerprint density at radius 1 is 1.23 bits per heavy atom. The van der Waals surface area contributed by atoms with Crippen LogP contribution in [0.1, 0.15) is 42.1 Å². The van der Waals surface area contributed by atoms with Crippen LogP contribution >= 0.6 is 35.3 Å². The quantitative estimate of drug-likeness (QED) is 0.348. The van der Waals surface area contributed by atoms with E-state index in [0.717, 1.165) is 43.3 Å². The summed E-state index contributed by atoms with van der Waals surface area (Å²) in [5.74, 6) is 0.626. The lowest BCUT2D eigenvalue weighted by Crippen LogP contribution is -2.41. The van der Waals surface area contributed by atoms with Crippen LogP contribution < -0.4 is 10.6 Å². The van der Waals surface area contributed by atoms with Crippen LogP contribution in [0, 0.1) is 5.82 Å². The van der Waals surface area contributed by atoms with E-state index in [1.165, 1.54) is 10.4 Å². The molecule has 0 bridgehead atoms. The molecule has 2 aromatic rings. The summed E-state index contributed by atoms with van der Waals surface area (Å²) in [6, 6.07) is 6.89. The van der Waals surface area contributed by atoms with Crippen molar-refractivity contribution < 1.29 is 4.39 Å².